The molecular weight excluding hydrogens is 312 g/mol. The van der Waals surface area contributed by atoms with Gasteiger partial charge in [0.05, 0.1) is 6.54 Å². The Morgan fingerprint density at radius 2 is 1.44 bits per heavy atom. The average Bonchev–Trinajstić information content (AvgIpc) is 2.65. The lowest BCUT2D eigenvalue weighted by molar-refractivity contribution is -0.136. The summed E-state index contributed by atoms with van der Waals surface area (Å²) in [5, 5.41) is 2.75. The zero-order chi connectivity index (χ0) is 18.1. The lowest BCUT2D eigenvalue weighted by Crippen LogP contribution is -2.41. The molecule has 2 aromatic carbocycles. The number of nitrogens with zero attached hydrogens (tertiary/aromatic N) is 1. The molecule has 0 saturated heterocycles. The van der Waals surface area contributed by atoms with Gasteiger partial charge in [-0.25, -0.2) is 0 Å². The Balaban J connectivity index is 2.18. The van der Waals surface area contributed by atoms with Crippen LogP contribution in [-0.4, -0.2) is 36.3 Å². The van der Waals surface area contributed by atoms with E-state index >= 15 is 0 Å². The van der Waals surface area contributed by atoms with E-state index in [-0.39, 0.29) is 24.3 Å². The summed E-state index contributed by atoms with van der Waals surface area (Å²) in [6.45, 7) is 4.97. The van der Waals surface area contributed by atoms with Crippen LogP contribution >= 0.6 is 0 Å². The minimum atomic E-state index is -0.117. The molecule has 0 atom stereocenters. The SMILES string of the molecule is CCNC(=O)CN(CC)C(=O)CC(c1ccccc1)c1ccccc1. The predicted octanol–water partition coefficient (Wildman–Crippen LogP) is 3.19. The van der Waals surface area contributed by atoms with E-state index in [1.807, 2.05) is 74.5 Å². The molecule has 1 N–H and O–H groups in total. The van der Waals surface area contributed by atoms with Crippen LogP contribution in [0.5, 0.6) is 0 Å². The van der Waals surface area contributed by atoms with Crippen molar-refractivity contribution in [1.29, 1.82) is 0 Å². The molecular formula is C21H26N2O2. The third-order valence-electron chi connectivity index (χ3n) is 4.23. The number of hydrogen-bond acceptors (Lipinski definition) is 2. The summed E-state index contributed by atoms with van der Waals surface area (Å²) in [5.41, 5.74) is 2.22. The first-order chi connectivity index (χ1) is 12.2. The zero-order valence-corrected chi connectivity index (χ0v) is 14.9. The lowest BCUT2D eigenvalue weighted by atomic mass is 9.88. The zero-order valence-electron chi connectivity index (χ0n) is 14.9. The minimum absolute atomic E-state index is 0.00791. The van der Waals surface area contributed by atoms with E-state index in [1.165, 1.54) is 0 Å². The molecule has 2 amide bonds. The van der Waals surface area contributed by atoms with E-state index in [2.05, 4.69) is 5.32 Å². The third kappa shape index (κ3) is 5.45. The van der Waals surface area contributed by atoms with Crippen LogP contribution in [0.15, 0.2) is 60.7 Å². The highest BCUT2D eigenvalue weighted by atomic mass is 16.2. The van der Waals surface area contributed by atoms with Crippen LogP contribution in [-0.2, 0) is 9.59 Å². The van der Waals surface area contributed by atoms with Crippen molar-refractivity contribution in [3.05, 3.63) is 71.8 Å². The van der Waals surface area contributed by atoms with Crippen LogP contribution < -0.4 is 5.32 Å². The molecule has 0 fully saturated rings. The number of hydrogen-bond donors (Lipinski definition) is 1. The molecule has 0 aliphatic carbocycles. The van der Waals surface area contributed by atoms with Gasteiger partial charge in [-0.05, 0) is 25.0 Å². The summed E-state index contributed by atoms with van der Waals surface area (Å²) in [6, 6.07) is 20.1. The molecule has 0 spiro atoms. The normalized spacial score (nSPS) is 10.5. The van der Waals surface area contributed by atoms with Crippen molar-refractivity contribution >= 4 is 11.8 Å². The fourth-order valence-electron chi connectivity index (χ4n) is 2.91. The fraction of sp³-hybridized carbons (Fsp3) is 0.333. The topological polar surface area (TPSA) is 49.4 Å². The Hall–Kier alpha value is -2.62. The van der Waals surface area contributed by atoms with Gasteiger partial charge in [0.15, 0.2) is 0 Å². The molecule has 2 aromatic rings. The quantitative estimate of drug-likeness (QED) is 0.803. The molecule has 0 radical (unpaired) electrons. The molecule has 0 saturated carbocycles. The maximum Gasteiger partial charge on any atom is 0.239 e. The van der Waals surface area contributed by atoms with Crippen LogP contribution in [0.3, 0.4) is 0 Å². The van der Waals surface area contributed by atoms with Crippen LogP contribution in [0.1, 0.15) is 37.3 Å². The number of benzene rings is 2. The van der Waals surface area contributed by atoms with Gasteiger partial charge in [-0.1, -0.05) is 60.7 Å². The molecule has 0 bridgehead atoms. The van der Waals surface area contributed by atoms with Crippen molar-refractivity contribution in [2.75, 3.05) is 19.6 Å². The summed E-state index contributed by atoms with van der Waals surface area (Å²) in [4.78, 5) is 26.3. The number of nitrogens with one attached hydrogen (secondary N) is 1. The van der Waals surface area contributed by atoms with E-state index in [4.69, 9.17) is 0 Å². The molecule has 132 valence electrons. The summed E-state index contributed by atoms with van der Waals surface area (Å²) >= 11 is 0. The summed E-state index contributed by atoms with van der Waals surface area (Å²) in [5.74, 6) is -0.140. The molecule has 0 aliphatic rings. The van der Waals surface area contributed by atoms with Crippen molar-refractivity contribution in [2.24, 2.45) is 0 Å². The fourth-order valence-corrected chi connectivity index (χ4v) is 2.91. The Morgan fingerprint density at radius 1 is 0.920 bits per heavy atom. The Morgan fingerprint density at radius 3 is 1.88 bits per heavy atom. The Bertz CT molecular complexity index is 631. The Labute approximate surface area is 149 Å². The van der Waals surface area contributed by atoms with E-state index in [0.29, 0.717) is 19.5 Å². The highest BCUT2D eigenvalue weighted by molar-refractivity contribution is 5.85. The molecule has 0 aromatic heterocycles. The van der Waals surface area contributed by atoms with Crippen LogP contribution in [0.2, 0.25) is 0 Å². The van der Waals surface area contributed by atoms with E-state index in [0.717, 1.165) is 11.1 Å². The maximum absolute atomic E-state index is 12.8. The molecule has 25 heavy (non-hydrogen) atoms. The molecule has 0 unspecified atom stereocenters. The second-order valence-corrected chi connectivity index (χ2v) is 5.94. The van der Waals surface area contributed by atoms with Gasteiger partial charge in [0.1, 0.15) is 0 Å². The monoisotopic (exact) mass is 338 g/mol. The lowest BCUT2D eigenvalue weighted by Gasteiger charge is -2.24. The van der Waals surface area contributed by atoms with Crippen molar-refractivity contribution in [3.8, 4) is 0 Å². The van der Waals surface area contributed by atoms with Crippen molar-refractivity contribution in [1.82, 2.24) is 10.2 Å². The smallest absolute Gasteiger partial charge is 0.239 e. The van der Waals surface area contributed by atoms with Gasteiger partial charge in [0, 0.05) is 25.4 Å². The predicted molar refractivity (Wildman–Crippen MR) is 100 cm³/mol. The van der Waals surface area contributed by atoms with Gasteiger partial charge in [0.25, 0.3) is 0 Å². The van der Waals surface area contributed by atoms with Crippen molar-refractivity contribution < 1.29 is 9.59 Å². The van der Waals surface area contributed by atoms with Crippen molar-refractivity contribution in [3.63, 3.8) is 0 Å². The van der Waals surface area contributed by atoms with Gasteiger partial charge in [-0.15, -0.1) is 0 Å². The first kappa shape index (κ1) is 18.7. The first-order valence-corrected chi connectivity index (χ1v) is 8.80. The first-order valence-electron chi connectivity index (χ1n) is 8.80. The highest BCUT2D eigenvalue weighted by Gasteiger charge is 2.22. The molecule has 0 heterocycles. The molecule has 0 aliphatic heterocycles. The van der Waals surface area contributed by atoms with E-state index in [9.17, 15) is 9.59 Å². The number of carbonyl (C=O) groups excluding carboxylic acids is 2. The summed E-state index contributed by atoms with van der Waals surface area (Å²) < 4.78 is 0. The van der Waals surface area contributed by atoms with Crippen LogP contribution in [0.25, 0.3) is 0 Å². The van der Waals surface area contributed by atoms with Crippen LogP contribution in [0.4, 0.5) is 0 Å². The second-order valence-electron chi connectivity index (χ2n) is 5.94. The molecule has 4 heteroatoms. The van der Waals surface area contributed by atoms with Gasteiger partial charge in [-0.3, -0.25) is 9.59 Å². The van der Waals surface area contributed by atoms with Gasteiger partial charge in [0.2, 0.25) is 11.8 Å². The number of carbonyl (C=O) groups is 2. The van der Waals surface area contributed by atoms with Crippen molar-refractivity contribution in [2.45, 2.75) is 26.2 Å². The summed E-state index contributed by atoms with van der Waals surface area (Å²) in [7, 11) is 0. The average molecular weight is 338 g/mol. The molecule has 4 nitrogen and oxygen atoms in total. The molecule has 2 rings (SSSR count). The maximum atomic E-state index is 12.8. The third-order valence-corrected chi connectivity index (χ3v) is 4.23. The van der Waals surface area contributed by atoms with E-state index < -0.39 is 0 Å². The number of amides is 2. The van der Waals surface area contributed by atoms with Gasteiger partial charge in [-0.2, -0.15) is 0 Å². The van der Waals surface area contributed by atoms with Gasteiger partial charge < -0.3 is 10.2 Å². The standard InChI is InChI=1S/C21H26N2O2/c1-3-22-20(24)16-23(4-2)21(25)15-19(17-11-7-5-8-12-17)18-13-9-6-10-14-18/h5-14,19H,3-4,15-16H2,1-2H3,(H,22,24). The van der Waals surface area contributed by atoms with Crippen LogP contribution in [0, 0.1) is 0 Å². The highest BCUT2D eigenvalue weighted by Crippen LogP contribution is 2.28. The second kappa shape index (κ2) is 9.62. The van der Waals surface area contributed by atoms with E-state index in [1.54, 1.807) is 4.90 Å². The summed E-state index contributed by atoms with van der Waals surface area (Å²) in [6.07, 6.45) is 0.348. The Kier molecular flexibility index (Phi) is 7.20. The largest absolute Gasteiger partial charge is 0.355 e. The number of rotatable bonds is 8. The number of likely N-dealkylation sites (N-methyl/N-ethyl adjacent to an activating group) is 2. The minimum Gasteiger partial charge on any atom is -0.355 e. The van der Waals surface area contributed by atoms with Gasteiger partial charge >= 0.3 is 0 Å².